The zero-order valence-corrected chi connectivity index (χ0v) is 8.61. The third kappa shape index (κ3) is 2.60. The first-order valence-corrected chi connectivity index (χ1v) is 5.32. The number of allylic oxidation sites excluding steroid dienone is 1. The zero-order chi connectivity index (χ0) is 10.5. The van der Waals surface area contributed by atoms with Crippen LogP contribution >= 0.6 is 0 Å². The van der Waals surface area contributed by atoms with Gasteiger partial charge in [0.15, 0.2) is 0 Å². The molecule has 0 bridgehead atoms. The molecule has 0 heterocycles. The second-order valence-corrected chi connectivity index (χ2v) is 3.80. The molecule has 15 heavy (non-hydrogen) atoms. The minimum atomic E-state index is 0.424. The van der Waals surface area contributed by atoms with Gasteiger partial charge in [0.1, 0.15) is 0 Å². The number of anilines is 1. The Balaban J connectivity index is 2.07. The SMILES string of the molecule is N#Cc1cccc(NC2C=CCCC2)c1. The molecule has 0 fully saturated rings. The van der Waals surface area contributed by atoms with Crippen LogP contribution in [0.25, 0.3) is 0 Å². The average Bonchev–Trinajstić information content (AvgIpc) is 2.31. The quantitative estimate of drug-likeness (QED) is 0.741. The number of nitrogens with one attached hydrogen (secondary N) is 1. The zero-order valence-electron chi connectivity index (χ0n) is 8.61. The molecule has 0 amide bonds. The van der Waals surface area contributed by atoms with E-state index >= 15 is 0 Å². The summed E-state index contributed by atoms with van der Waals surface area (Å²) in [7, 11) is 0. The van der Waals surface area contributed by atoms with E-state index in [1.54, 1.807) is 0 Å². The van der Waals surface area contributed by atoms with Crippen molar-refractivity contribution in [3.05, 3.63) is 42.0 Å². The van der Waals surface area contributed by atoms with Crippen LogP contribution in [-0.4, -0.2) is 6.04 Å². The highest BCUT2D eigenvalue weighted by Crippen LogP contribution is 2.17. The summed E-state index contributed by atoms with van der Waals surface area (Å²) < 4.78 is 0. The van der Waals surface area contributed by atoms with Crippen LogP contribution in [0.1, 0.15) is 24.8 Å². The lowest BCUT2D eigenvalue weighted by atomic mass is 10.0. The summed E-state index contributed by atoms with van der Waals surface area (Å²) in [5, 5.41) is 12.2. The summed E-state index contributed by atoms with van der Waals surface area (Å²) in [5.74, 6) is 0. The smallest absolute Gasteiger partial charge is 0.0992 e. The molecule has 1 atom stereocenters. The van der Waals surface area contributed by atoms with Crippen LogP contribution in [0.2, 0.25) is 0 Å². The molecule has 1 aliphatic carbocycles. The predicted molar refractivity (Wildman–Crippen MR) is 61.6 cm³/mol. The Hall–Kier alpha value is -1.75. The second-order valence-electron chi connectivity index (χ2n) is 3.80. The van der Waals surface area contributed by atoms with Crippen LogP contribution in [-0.2, 0) is 0 Å². The topological polar surface area (TPSA) is 35.8 Å². The van der Waals surface area contributed by atoms with Gasteiger partial charge in [0.25, 0.3) is 0 Å². The van der Waals surface area contributed by atoms with E-state index in [2.05, 4.69) is 23.5 Å². The van der Waals surface area contributed by atoms with E-state index in [9.17, 15) is 0 Å². The van der Waals surface area contributed by atoms with E-state index in [0.717, 1.165) is 5.69 Å². The molecular formula is C13H14N2. The molecule has 0 radical (unpaired) electrons. The van der Waals surface area contributed by atoms with Crippen molar-refractivity contribution in [1.82, 2.24) is 0 Å². The van der Waals surface area contributed by atoms with Gasteiger partial charge in [-0.15, -0.1) is 0 Å². The lowest BCUT2D eigenvalue weighted by Gasteiger charge is -2.19. The Morgan fingerprint density at radius 2 is 2.33 bits per heavy atom. The van der Waals surface area contributed by atoms with Gasteiger partial charge in [0, 0.05) is 11.7 Å². The molecule has 1 aliphatic rings. The summed E-state index contributed by atoms with van der Waals surface area (Å²) in [6.07, 6.45) is 8.04. The van der Waals surface area contributed by atoms with E-state index in [4.69, 9.17) is 5.26 Å². The van der Waals surface area contributed by atoms with Crippen LogP contribution in [0.5, 0.6) is 0 Å². The second kappa shape index (κ2) is 4.65. The van der Waals surface area contributed by atoms with Crippen LogP contribution in [0.4, 0.5) is 5.69 Å². The molecule has 1 aromatic rings. The monoisotopic (exact) mass is 198 g/mol. The summed E-state index contributed by atoms with van der Waals surface area (Å²) >= 11 is 0. The fraction of sp³-hybridized carbons (Fsp3) is 0.308. The van der Waals surface area contributed by atoms with E-state index in [1.807, 2.05) is 24.3 Å². The fourth-order valence-corrected chi connectivity index (χ4v) is 1.83. The van der Waals surface area contributed by atoms with Crippen molar-refractivity contribution in [1.29, 1.82) is 5.26 Å². The van der Waals surface area contributed by atoms with Crippen molar-refractivity contribution in [3.8, 4) is 6.07 Å². The Morgan fingerprint density at radius 3 is 3.07 bits per heavy atom. The Morgan fingerprint density at radius 1 is 1.40 bits per heavy atom. The molecule has 1 aromatic carbocycles. The highest BCUT2D eigenvalue weighted by atomic mass is 14.9. The molecule has 2 nitrogen and oxygen atoms in total. The largest absolute Gasteiger partial charge is 0.379 e. The normalized spacial score (nSPS) is 19.5. The van der Waals surface area contributed by atoms with Gasteiger partial charge in [-0.05, 0) is 37.5 Å². The minimum Gasteiger partial charge on any atom is -0.379 e. The molecule has 1 N–H and O–H groups in total. The Kier molecular flexibility index (Phi) is 3.04. The highest BCUT2D eigenvalue weighted by Gasteiger charge is 2.07. The Labute approximate surface area is 90.2 Å². The number of nitriles is 1. The first-order chi connectivity index (χ1) is 7.38. The maximum atomic E-state index is 8.78. The maximum absolute atomic E-state index is 8.78. The van der Waals surface area contributed by atoms with Gasteiger partial charge in [0.2, 0.25) is 0 Å². The van der Waals surface area contributed by atoms with Crippen LogP contribution in [0.3, 0.4) is 0 Å². The maximum Gasteiger partial charge on any atom is 0.0992 e. The van der Waals surface area contributed by atoms with Crippen molar-refractivity contribution in [2.75, 3.05) is 5.32 Å². The molecule has 0 aromatic heterocycles. The summed E-state index contributed by atoms with van der Waals surface area (Å²) in [6, 6.07) is 10.2. The van der Waals surface area contributed by atoms with E-state index in [1.165, 1.54) is 19.3 Å². The standard InChI is InChI=1S/C13H14N2/c14-10-11-5-4-8-13(9-11)15-12-6-2-1-3-7-12/h2,4-6,8-9,12,15H,1,3,7H2. The van der Waals surface area contributed by atoms with Crippen LogP contribution in [0, 0.1) is 11.3 Å². The van der Waals surface area contributed by atoms with E-state index in [-0.39, 0.29) is 0 Å². The van der Waals surface area contributed by atoms with Crippen molar-refractivity contribution in [2.24, 2.45) is 0 Å². The van der Waals surface area contributed by atoms with Gasteiger partial charge >= 0.3 is 0 Å². The van der Waals surface area contributed by atoms with Crippen LogP contribution < -0.4 is 5.32 Å². The van der Waals surface area contributed by atoms with Crippen molar-refractivity contribution in [2.45, 2.75) is 25.3 Å². The predicted octanol–water partition coefficient (Wildman–Crippen LogP) is 3.08. The molecule has 2 heteroatoms. The van der Waals surface area contributed by atoms with Crippen LogP contribution in [0.15, 0.2) is 36.4 Å². The minimum absolute atomic E-state index is 0.424. The van der Waals surface area contributed by atoms with E-state index < -0.39 is 0 Å². The molecule has 0 saturated heterocycles. The molecule has 0 saturated carbocycles. The van der Waals surface area contributed by atoms with Gasteiger partial charge in [0.05, 0.1) is 11.6 Å². The van der Waals surface area contributed by atoms with Gasteiger partial charge in [-0.1, -0.05) is 18.2 Å². The van der Waals surface area contributed by atoms with Crippen molar-refractivity contribution >= 4 is 5.69 Å². The fourth-order valence-electron chi connectivity index (χ4n) is 1.83. The van der Waals surface area contributed by atoms with Gasteiger partial charge < -0.3 is 5.32 Å². The highest BCUT2D eigenvalue weighted by molar-refractivity contribution is 5.50. The van der Waals surface area contributed by atoms with Gasteiger partial charge in [-0.3, -0.25) is 0 Å². The molecule has 0 aliphatic heterocycles. The molecular weight excluding hydrogens is 184 g/mol. The van der Waals surface area contributed by atoms with Crippen molar-refractivity contribution in [3.63, 3.8) is 0 Å². The molecule has 1 unspecified atom stereocenters. The number of rotatable bonds is 2. The lowest BCUT2D eigenvalue weighted by Crippen LogP contribution is -2.18. The molecule has 76 valence electrons. The summed E-state index contributed by atoms with van der Waals surface area (Å²) in [4.78, 5) is 0. The average molecular weight is 198 g/mol. The number of hydrogen-bond acceptors (Lipinski definition) is 2. The molecule has 0 spiro atoms. The number of benzene rings is 1. The van der Waals surface area contributed by atoms with Gasteiger partial charge in [-0.25, -0.2) is 0 Å². The molecule has 2 rings (SSSR count). The Bertz CT molecular complexity index is 401. The lowest BCUT2D eigenvalue weighted by molar-refractivity contribution is 0.674. The third-order valence-corrected chi connectivity index (χ3v) is 2.60. The first kappa shape index (κ1) is 9.79. The summed E-state index contributed by atoms with van der Waals surface area (Å²) in [6.45, 7) is 0. The number of nitrogens with zero attached hydrogens (tertiary/aromatic N) is 1. The van der Waals surface area contributed by atoms with Gasteiger partial charge in [-0.2, -0.15) is 5.26 Å². The first-order valence-electron chi connectivity index (χ1n) is 5.32. The number of hydrogen-bond donors (Lipinski definition) is 1. The summed E-state index contributed by atoms with van der Waals surface area (Å²) in [5.41, 5.74) is 1.74. The third-order valence-electron chi connectivity index (χ3n) is 2.60. The van der Waals surface area contributed by atoms with E-state index in [0.29, 0.717) is 11.6 Å². The van der Waals surface area contributed by atoms with Crippen molar-refractivity contribution < 1.29 is 0 Å².